The van der Waals surface area contributed by atoms with E-state index in [0.29, 0.717) is 6.42 Å². The molecule has 0 saturated heterocycles. The molecule has 1 unspecified atom stereocenters. The van der Waals surface area contributed by atoms with Gasteiger partial charge in [0.2, 0.25) is 5.91 Å². The number of carbonyl (C=O) groups is 1. The topological polar surface area (TPSA) is 52.9 Å². The number of nitriles is 1. The summed E-state index contributed by atoms with van der Waals surface area (Å²) >= 11 is 0. The van der Waals surface area contributed by atoms with Crippen LogP contribution in [0.3, 0.4) is 0 Å². The number of hydrogen-bond acceptors (Lipinski definition) is 2. The number of nitrogens with one attached hydrogen (secondary N) is 1. The predicted octanol–water partition coefficient (Wildman–Crippen LogP) is 1.99. The van der Waals surface area contributed by atoms with Crippen molar-refractivity contribution in [1.29, 1.82) is 5.26 Å². The Balaban J connectivity index is 2.30. The van der Waals surface area contributed by atoms with Crippen LogP contribution in [0, 0.1) is 17.2 Å². The molecule has 78 valence electrons. The van der Waals surface area contributed by atoms with Gasteiger partial charge in [-0.1, -0.05) is 19.3 Å². The normalized spacial score (nSPS) is 19.7. The van der Waals surface area contributed by atoms with E-state index in [1.807, 2.05) is 6.92 Å². The second kappa shape index (κ2) is 5.64. The van der Waals surface area contributed by atoms with Crippen LogP contribution in [0.2, 0.25) is 0 Å². The van der Waals surface area contributed by atoms with E-state index >= 15 is 0 Å². The van der Waals surface area contributed by atoms with E-state index in [1.165, 1.54) is 19.3 Å². The molecule has 1 aliphatic carbocycles. The molecule has 1 saturated carbocycles. The molecule has 1 amide bonds. The standard InChI is InChI=1S/C11H18N2O/c1-9(7-8-12)13-11(14)10-5-3-2-4-6-10/h9-10H,2-7H2,1H3,(H,13,14). The summed E-state index contributed by atoms with van der Waals surface area (Å²) in [5, 5.41) is 11.3. The fraction of sp³-hybridized carbons (Fsp3) is 0.818. The van der Waals surface area contributed by atoms with E-state index < -0.39 is 0 Å². The zero-order chi connectivity index (χ0) is 10.4. The van der Waals surface area contributed by atoms with Gasteiger partial charge >= 0.3 is 0 Å². The number of hydrogen-bond donors (Lipinski definition) is 1. The molecule has 1 aliphatic rings. The van der Waals surface area contributed by atoms with E-state index in [0.717, 1.165) is 12.8 Å². The molecule has 3 heteroatoms. The minimum Gasteiger partial charge on any atom is -0.352 e. The van der Waals surface area contributed by atoms with Crippen LogP contribution in [0.25, 0.3) is 0 Å². The third-order valence-electron chi connectivity index (χ3n) is 2.76. The zero-order valence-electron chi connectivity index (χ0n) is 8.75. The Kier molecular flexibility index (Phi) is 4.45. The van der Waals surface area contributed by atoms with E-state index in [1.54, 1.807) is 0 Å². The summed E-state index contributed by atoms with van der Waals surface area (Å²) in [5.41, 5.74) is 0. The van der Waals surface area contributed by atoms with Crippen molar-refractivity contribution in [3.05, 3.63) is 0 Å². The average Bonchev–Trinajstić information content (AvgIpc) is 2.19. The minimum absolute atomic E-state index is 0.00516. The Hall–Kier alpha value is -1.04. The SMILES string of the molecule is CC(CC#N)NC(=O)C1CCCCC1. The highest BCUT2D eigenvalue weighted by molar-refractivity contribution is 5.78. The molecular formula is C11H18N2O. The first kappa shape index (κ1) is 11.0. The summed E-state index contributed by atoms with van der Waals surface area (Å²) in [5.74, 6) is 0.345. The van der Waals surface area contributed by atoms with Gasteiger partial charge in [-0.2, -0.15) is 5.26 Å². The van der Waals surface area contributed by atoms with Gasteiger partial charge < -0.3 is 5.32 Å². The van der Waals surface area contributed by atoms with Crippen molar-refractivity contribution in [3.8, 4) is 6.07 Å². The van der Waals surface area contributed by atoms with Crippen molar-refractivity contribution < 1.29 is 4.79 Å². The van der Waals surface area contributed by atoms with Crippen molar-refractivity contribution in [2.75, 3.05) is 0 Å². The van der Waals surface area contributed by atoms with Gasteiger partial charge in [0, 0.05) is 12.0 Å². The van der Waals surface area contributed by atoms with Gasteiger partial charge in [-0.05, 0) is 19.8 Å². The third kappa shape index (κ3) is 3.37. The monoisotopic (exact) mass is 194 g/mol. The number of carbonyl (C=O) groups excluding carboxylic acids is 1. The van der Waals surface area contributed by atoms with Gasteiger partial charge in [0.05, 0.1) is 12.5 Å². The van der Waals surface area contributed by atoms with Crippen molar-refractivity contribution in [1.82, 2.24) is 5.32 Å². The van der Waals surface area contributed by atoms with Crippen molar-refractivity contribution >= 4 is 5.91 Å². The molecule has 0 aliphatic heterocycles. The summed E-state index contributed by atoms with van der Waals surface area (Å²) in [4.78, 5) is 11.7. The second-order valence-electron chi connectivity index (χ2n) is 4.11. The maximum Gasteiger partial charge on any atom is 0.223 e. The quantitative estimate of drug-likeness (QED) is 0.747. The Morgan fingerprint density at radius 1 is 1.50 bits per heavy atom. The van der Waals surface area contributed by atoms with Crippen LogP contribution in [0.5, 0.6) is 0 Å². The number of amides is 1. The van der Waals surface area contributed by atoms with Gasteiger partial charge in [0.15, 0.2) is 0 Å². The van der Waals surface area contributed by atoms with Crippen LogP contribution >= 0.6 is 0 Å². The summed E-state index contributed by atoms with van der Waals surface area (Å²) in [6.07, 6.45) is 6.04. The third-order valence-corrected chi connectivity index (χ3v) is 2.76. The van der Waals surface area contributed by atoms with Crippen molar-refractivity contribution in [2.24, 2.45) is 5.92 Å². The summed E-state index contributed by atoms with van der Waals surface area (Å²) in [6.45, 7) is 1.88. The summed E-state index contributed by atoms with van der Waals surface area (Å²) in [7, 11) is 0. The van der Waals surface area contributed by atoms with Gasteiger partial charge in [-0.25, -0.2) is 0 Å². The highest BCUT2D eigenvalue weighted by atomic mass is 16.1. The lowest BCUT2D eigenvalue weighted by atomic mass is 9.88. The molecular weight excluding hydrogens is 176 g/mol. The molecule has 0 aromatic carbocycles. The van der Waals surface area contributed by atoms with Gasteiger partial charge in [-0.15, -0.1) is 0 Å². The molecule has 3 nitrogen and oxygen atoms in total. The average molecular weight is 194 g/mol. The van der Waals surface area contributed by atoms with Crippen LogP contribution in [0.15, 0.2) is 0 Å². The van der Waals surface area contributed by atoms with Crippen LogP contribution < -0.4 is 5.32 Å². The first-order chi connectivity index (χ1) is 6.74. The molecule has 0 radical (unpaired) electrons. The van der Waals surface area contributed by atoms with Crippen LogP contribution in [-0.2, 0) is 4.79 Å². The summed E-state index contributed by atoms with van der Waals surface area (Å²) < 4.78 is 0. The Bertz CT molecular complexity index is 226. The minimum atomic E-state index is -0.00516. The molecule has 0 spiro atoms. The number of nitrogens with zero attached hydrogens (tertiary/aromatic N) is 1. The van der Waals surface area contributed by atoms with E-state index in [4.69, 9.17) is 5.26 Å². The highest BCUT2D eigenvalue weighted by Gasteiger charge is 2.21. The van der Waals surface area contributed by atoms with Crippen molar-refractivity contribution in [2.45, 2.75) is 51.5 Å². The van der Waals surface area contributed by atoms with Gasteiger partial charge in [0.25, 0.3) is 0 Å². The molecule has 0 heterocycles. The highest BCUT2D eigenvalue weighted by Crippen LogP contribution is 2.23. The molecule has 0 aromatic heterocycles. The van der Waals surface area contributed by atoms with Crippen LogP contribution in [0.4, 0.5) is 0 Å². The fourth-order valence-corrected chi connectivity index (χ4v) is 1.91. The zero-order valence-corrected chi connectivity index (χ0v) is 8.75. The lowest BCUT2D eigenvalue weighted by molar-refractivity contribution is -0.126. The molecule has 14 heavy (non-hydrogen) atoms. The molecule has 0 bridgehead atoms. The Morgan fingerprint density at radius 3 is 2.71 bits per heavy atom. The Morgan fingerprint density at radius 2 is 2.14 bits per heavy atom. The van der Waals surface area contributed by atoms with E-state index in [9.17, 15) is 4.79 Å². The molecule has 1 fully saturated rings. The number of rotatable bonds is 3. The maximum absolute atomic E-state index is 11.7. The Labute approximate surface area is 85.5 Å². The molecule has 1 N–H and O–H groups in total. The largest absolute Gasteiger partial charge is 0.352 e. The first-order valence-electron chi connectivity index (χ1n) is 5.41. The molecule has 0 aromatic rings. The van der Waals surface area contributed by atoms with Crippen molar-refractivity contribution in [3.63, 3.8) is 0 Å². The lowest BCUT2D eigenvalue weighted by Crippen LogP contribution is -2.37. The van der Waals surface area contributed by atoms with Gasteiger partial charge in [0.1, 0.15) is 0 Å². The smallest absolute Gasteiger partial charge is 0.223 e. The summed E-state index contributed by atoms with van der Waals surface area (Å²) in [6, 6.07) is 2.06. The second-order valence-corrected chi connectivity index (χ2v) is 4.11. The molecule has 1 rings (SSSR count). The fourth-order valence-electron chi connectivity index (χ4n) is 1.91. The maximum atomic E-state index is 11.7. The van der Waals surface area contributed by atoms with E-state index in [-0.39, 0.29) is 17.9 Å². The molecule has 1 atom stereocenters. The predicted molar refractivity (Wildman–Crippen MR) is 54.4 cm³/mol. The van der Waals surface area contributed by atoms with Gasteiger partial charge in [-0.3, -0.25) is 4.79 Å². The van der Waals surface area contributed by atoms with Crippen LogP contribution in [-0.4, -0.2) is 11.9 Å². The first-order valence-corrected chi connectivity index (χ1v) is 5.41. The van der Waals surface area contributed by atoms with E-state index in [2.05, 4.69) is 11.4 Å². The lowest BCUT2D eigenvalue weighted by Gasteiger charge is -2.22. The van der Waals surface area contributed by atoms with Crippen LogP contribution in [0.1, 0.15) is 45.4 Å².